The van der Waals surface area contributed by atoms with Gasteiger partial charge in [-0.25, -0.2) is 21.2 Å². The average molecular weight is 471 g/mol. The number of benzene rings is 2. The van der Waals surface area contributed by atoms with Gasteiger partial charge in [0.25, 0.3) is 5.91 Å². The Morgan fingerprint density at radius 1 is 1.06 bits per heavy atom. The molecule has 2 aromatic carbocycles. The van der Waals surface area contributed by atoms with E-state index in [2.05, 4.69) is 5.32 Å². The minimum Gasteiger partial charge on any atom is -0.349 e. The summed E-state index contributed by atoms with van der Waals surface area (Å²) in [4.78, 5) is 12.7. The molecule has 1 saturated heterocycles. The Hall–Kier alpha value is -2.38. The molecule has 0 aromatic heterocycles. The van der Waals surface area contributed by atoms with Crippen molar-refractivity contribution in [3.8, 4) is 0 Å². The number of carbonyl (C=O) groups excluding carboxylic acids is 1. The van der Waals surface area contributed by atoms with Crippen LogP contribution in [0.15, 0.2) is 53.4 Å². The highest BCUT2D eigenvalue weighted by molar-refractivity contribution is 7.89. The normalized spacial score (nSPS) is 18.2. The standard InChI is InChI=1S/C19H23FN4O5S2/c1-30(26,27)23-9-10-24(31(28,29)17-7-5-16(20)6-8-17)19(23)18(25)22-13-15-4-2-3-14(11-15)12-21/h2-8,11,19H,9-10,12-13,21H2,1H3,(H,22,25). The molecule has 0 radical (unpaired) electrons. The molecule has 168 valence electrons. The van der Waals surface area contributed by atoms with Crippen molar-refractivity contribution in [3.05, 3.63) is 65.5 Å². The van der Waals surface area contributed by atoms with Gasteiger partial charge >= 0.3 is 0 Å². The number of hydrogen-bond donors (Lipinski definition) is 2. The summed E-state index contributed by atoms with van der Waals surface area (Å²) in [5.41, 5.74) is 7.20. The van der Waals surface area contributed by atoms with Crippen molar-refractivity contribution >= 4 is 26.0 Å². The molecule has 2 aromatic rings. The van der Waals surface area contributed by atoms with Gasteiger partial charge in [-0.2, -0.15) is 8.61 Å². The zero-order valence-electron chi connectivity index (χ0n) is 16.7. The van der Waals surface area contributed by atoms with Crippen molar-refractivity contribution < 1.29 is 26.0 Å². The first kappa shape index (κ1) is 23.3. The summed E-state index contributed by atoms with van der Waals surface area (Å²) in [5.74, 6) is -1.40. The fourth-order valence-electron chi connectivity index (χ4n) is 3.33. The molecule has 1 amide bonds. The zero-order chi connectivity index (χ0) is 22.8. The Morgan fingerprint density at radius 2 is 1.68 bits per heavy atom. The molecule has 1 aliphatic heterocycles. The molecule has 1 atom stereocenters. The SMILES string of the molecule is CS(=O)(=O)N1CCN(S(=O)(=O)c2ccc(F)cc2)C1C(=O)NCc1cccc(CN)c1. The van der Waals surface area contributed by atoms with Crippen molar-refractivity contribution in [2.45, 2.75) is 24.2 Å². The van der Waals surface area contributed by atoms with Gasteiger partial charge in [0.2, 0.25) is 20.0 Å². The molecule has 1 heterocycles. The van der Waals surface area contributed by atoms with Crippen LogP contribution in [0.2, 0.25) is 0 Å². The van der Waals surface area contributed by atoms with Gasteiger partial charge in [0.1, 0.15) is 5.82 Å². The van der Waals surface area contributed by atoms with Gasteiger partial charge in [0.05, 0.1) is 11.2 Å². The summed E-state index contributed by atoms with van der Waals surface area (Å²) in [6, 6.07) is 11.2. The molecule has 1 aliphatic rings. The number of carbonyl (C=O) groups is 1. The Bertz CT molecular complexity index is 1170. The molecule has 0 saturated carbocycles. The van der Waals surface area contributed by atoms with Crippen LogP contribution < -0.4 is 11.1 Å². The van der Waals surface area contributed by atoms with Gasteiger partial charge < -0.3 is 11.1 Å². The third-order valence-electron chi connectivity index (χ3n) is 4.86. The predicted octanol–water partition coefficient (Wildman–Crippen LogP) is 0.193. The molecule has 9 nitrogen and oxygen atoms in total. The number of sulfonamides is 2. The second-order valence-electron chi connectivity index (χ2n) is 7.06. The summed E-state index contributed by atoms with van der Waals surface area (Å²) in [7, 11) is -8.14. The van der Waals surface area contributed by atoms with Crippen LogP contribution in [0.3, 0.4) is 0 Å². The fraction of sp³-hybridized carbons (Fsp3) is 0.316. The van der Waals surface area contributed by atoms with E-state index in [1.165, 1.54) is 0 Å². The van der Waals surface area contributed by atoms with Crippen LogP contribution >= 0.6 is 0 Å². The average Bonchev–Trinajstić information content (AvgIpc) is 3.19. The molecule has 31 heavy (non-hydrogen) atoms. The number of nitrogens with two attached hydrogens (primary N) is 1. The number of amides is 1. The van der Waals surface area contributed by atoms with Crippen molar-refractivity contribution in [2.75, 3.05) is 19.3 Å². The van der Waals surface area contributed by atoms with E-state index in [0.717, 1.165) is 50.3 Å². The van der Waals surface area contributed by atoms with Gasteiger partial charge in [0, 0.05) is 26.2 Å². The highest BCUT2D eigenvalue weighted by atomic mass is 32.2. The molecule has 1 unspecified atom stereocenters. The van der Waals surface area contributed by atoms with Crippen LogP contribution in [0.1, 0.15) is 11.1 Å². The van der Waals surface area contributed by atoms with Crippen LogP contribution in [0.5, 0.6) is 0 Å². The number of nitrogens with zero attached hydrogens (tertiary/aromatic N) is 2. The molecule has 0 bridgehead atoms. The third-order valence-corrected chi connectivity index (χ3v) is 7.96. The maximum absolute atomic E-state index is 13.2. The lowest BCUT2D eigenvalue weighted by molar-refractivity contribution is -0.126. The maximum atomic E-state index is 13.2. The molecule has 12 heteroatoms. The molecule has 1 fully saturated rings. The lowest BCUT2D eigenvalue weighted by atomic mass is 10.1. The minimum atomic E-state index is -4.25. The van der Waals surface area contributed by atoms with E-state index in [1.807, 2.05) is 6.07 Å². The summed E-state index contributed by atoms with van der Waals surface area (Å²) in [6.07, 6.45) is -0.686. The Balaban J connectivity index is 1.89. The topological polar surface area (TPSA) is 130 Å². The van der Waals surface area contributed by atoms with Crippen LogP contribution in [-0.2, 0) is 37.9 Å². The van der Waals surface area contributed by atoms with Gasteiger partial charge in [-0.15, -0.1) is 0 Å². The van der Waals surface area contributed by atoms with E-state index in [9.17, 15) is 26.0 Å². The van der Waals surface area contributed by atoms with Crippen molar-refractivity contribution in [2.24, 2.45) is 5.73 Å². The Morgan fingerprint density at radius 3 is 2.29 bits per heavy atom. The molecule has 3 rings (SSSR count). The predicted molar refractivity (Wildman–Crippen MR) is 112 cm³/mol. The Kier molecular flexibility index (Phi) is 6.76. The first-order chi connectivity index (χ1) is 14.5. The second kappa shape index (κ2) is 9.01. The lowest BCUT2D eigenvalue weighted by Gasteiger charge is -2.27. The van der Waals surface area contributed by atoms with Gasteiger partial charge in [0.15, 0.2) is 6.17 Å². The van der Waals surface area contributed by atoms with Crippen LogP contribution in [-0.4, -0.2) is 56.9 Å². The summed E-state index contributed by atoms with van der Waals surface area (Å²) in [5, 5.41) is 2.60. The third kappa shape index (κ3) is 5.10. The summed E-state index contributed by atoms with van der Waals surface area (Å²) < 4.78 is 65.5. The number of hydrogen-bond acceptors (Lipinski definition) is 6. The van der Waals surface area contributed by atoms with E-state index in [4.69, 9.17) is 5.73 Å². The molecule has 3 N–H and O–H groups in total. The monoisotopic (exact) mass is 470 g/mol. The van der Waals surface area contributed by atoms with E-state index in [-0.39, 0.29) is 24.5 Å². The van der Waals surface area contributed by atoms with Gasteiger partial charge in [-0.3, -0.25) is 4.79 Å². The van der Waals surface area contributed by atoms with E-state index >= 15 is 0 Å². The van der Waals surface area contributed by atoms with E-state index < -0.39 is 37.9 Å². The quantitative estimate of drug-likeness (QED) is 0.594. The minimum absolute atomic E-state index is 0.0607. The Labute approximate surface area is 180 Å². The summed E-state index contributed by atoms with van der Waals surface area (Å²) in [6.45, 7) is -0.0191. The second-order valence-corrected chi connectivity index (χ2v) is 10.9. The van der Waals surface area contributed by atoms with Gasteiger partial charge in [-0.1, -0.05) is 24.3 Å². The van der Waals surface area contributed by atoms with Crippen LogP contribution in [0, 0.1) is 5.82 Å². The van der Waals surface area contributed by atoms with Crippen molar-refractivity contribution in [1.29, 1.82) is 0 Å². The highest BCUT2D eigenvalue weighted by Crippen LogP contribution is 2.26. The number of halogens is 1. The molecular weight excluding hydrogens is 447 g/mol. The fourth-order valence-corrected chi connectivity index (χ4v) is 5.93. The number of nitrogens with one attached hydrogen (secondary N) is 1. The van der Waals surface area contributed by atoms with Crippen LogP contribution in [0.4, 0.5) is 4.39 Å². The van der Waals surface area contributed by atoms with E-state index in [1.54, 1.807) is 18.2 Å². The number of rotatable bonds is 7. The van der Waals surface area contributed by atoms with Crippen molar-refractivity contribution in [1.82, 2.24) is 13.9 Å². The lowest BCUT2D eigenvalue weighted by Crippen LogP contribution is -2.53. The van der Waals surface area contributed by atoms with Gasteiger partial charge in [-0.05, 0) is 35.4 Å². The van der Waals surface area contributed by atoms with E-state index in [0.29, 0.717) is 6.54 Å². The smallest absolute Gasteiger partial charge is 0.254 e. The summed E-state index contributed by atoms with van der Waals surface area (Å²) >= 11 is 0. The molecule has 0 spiro atoms. The first-order valence-corrected chi connectivity index (χ1v) is 12.6. The molecular formula is C19H23FN4O5S2. The highest BCUT2D eigenvalue weighted by Gasteiger charge is 2.47. The zero-order valence-corrected chi connectivity index (χ0v) is 18.4. The first-order valence-electron chi connectivity index (χ1n) is 9.34. The largest absolute Gasteiger partial charge is 0.349 e. The maximum Gasteiger partial charge on any atom is 0.254 e. The molecule has 0 aliphatic carbocycles. The van der Waals surface area contributed by atoms with Crippen LogP contribution in [0.25, 0.3) is 0 Å². The van der Waals surface area contributed by atoms with Crippen molar-refractivity contribution in [3.63, 3.8) is 0 Å².